The second kappa shape index (κ2) is 8.14. The number of methoxy groups -OCH3 is 2. The van der Waals surface area contributed by atoms with Crippen LogP contribution in [0.2, 0.25) is 0 Å². The summed E-state index contributed by atoms with van der Waals surface area (Å²) in [6.45, 7) is -2.84. The standard InChI is InChI=1S/C17H17F2NO4/c1-22-12-8-7-11(15(9-12)23-2)10-20-16(21)13-5-3-4-6-14(13)24-17(18)19/h3-9,17H,10H2,1-2H3,(H,20,21). The second-order valence-corrected chi connectivity index (χ2v) is 4.74. The highest BCUT2D eigenvalue weighted by Gasteiger charge is 2.15. The van der Waals surface area contributed by atoms with Crippen LogP contribution in [0.25, 0.3) is 0 Å². The summed E-state index contributed by atoms with van der Waals surface area (Å²) in [6, 6.07) is 11.0. The Bertz CT molecular complexity index is 707. The molecule has 0 bridgehead atoms. The number of amides is 1. The van der Waals surface area contributed by atoms with Gasteiger partial charge >= 0.3 is 6.61 Å². The highest BCUT2D eigenvalue weighted by molar-refractivity contribution is 5.96. The van der Waals surface area contributed by atoms with Crippen LogP contribution in [-0.2, 0) is 6.54 Å². The van der Waals surface area contributed by atoms with E-state index in [0.29, 0.717) is 11.5 Å². The summed E-state index contributed by atoms with van der Waals surface area (Å²) in [4.78, 5) is 12.2. The van der Waals surface area contributed by atoms with Crippen LogP contribution in [0.15, 0.2) is 42.5 Å². The molecule has 0 aliphatic rings. The van der Waals surface area contributed by atoms with Gasteiger partial charge in [0.15, 0.2) is 0 Å². The summed E-state index contributed by atoms with van der Waals surface area (Å²) in [6.07, 6.45) is 0. The molecule has 2 aromatic carbocycles. The van der Waals surface area contributed by atoms with E-state index in [1.54, 1.807) is 24.3 Å². The fourth-order valence-electron chi connectivity index (χ4n) is 2.12. The van der Waals surface area contributed by atoms with E-state index in [9.17, 15) is 13.6 Å². The lowest BCUT2D eigenvalue weighted by atomic mass is 10.1. The Balaban J connectivity index is 2.11. The summed E-state index contributed by atoms with van der Waals surface area (Å²) in [5, 5.41) is 2.66. The van der Waals surface area contributed by atoms with E-state index in [2.05, 4.69) is 10.1 Å². The number of nitrogens with one attached hydrogen (secondary N) is 1. The molecular formula is C17H17F2NO4. The topological polar surface area (TPSA) is 56.8 Å². The van der Waals surface area contributed by atoms with E-state index in [1.807, 2.05) is 0 Å². The van der Waals surface area contributed by atoms with Crippen LogP contribution in [-0.4, -0.2) is 26.7 Å². The number of benzene rings is 2. The zero-order valence-electron chi connectivity index (χ0n) is 13.2. The van der Waals surface area contributed by atoms with E-state index >= 15 is 0 Å². The molecule has 0 spiro atoms. The van der Waals surface area contributed by atoms with E-state index in [0.717, 1.165) is 5.56 Å². The molecule has 0 heterocycles. The molecule has 0 aliphatic heterocycles. The number of hydrogen-bond acceptors (Lipinski definition) is 4. The number of hydrogen-bond donors (Lipinski definition) is 1. The molecule has 128 valence electrons. The van der Waals surface area contributed by atoms with Crippen LogP contribution in [0.4, 0.5) is 8.78 Å². The predicted octanol–water partition coefficient (Wildman–Crippen LogP) is 3.24. The third-order valence-corrected chi connectivity index (χ3v) is 3.28. The first-order valence-electron chi connectivity index (χ1n) is 7.08. The average molecular weight is 337 g/mol. The molecule has 5 nitrogen and oxygen atoms in total. The van der Waals surface area contributed by atoms with Crippen LogP contribution in [0.3, 0.4) is 0 Å². The van der Waals surface area contributed by atoms with Crippen molar-refractivity contribution >= 4 is 5.91 Å². The van der Waals surface area contributed by atoms with Crippen LogP contribution in [0, 0.1) is 0 Å². The van der Waals surface area contributed by atoms with Gasteiger partial charge in [-0.05, 0) is 24.3 Å². The van der Waals surface area contributed by atoms with E-state index in [-0.39, 0.29) is 17.9 Å². The maximum Gasteiger partial charge on any atom is 0.387 e. The van der Waals surface area contributed by atoms with Crippen molar-refractivity contribution in [1.29, 1.82) is 0 Å². The number of alkyl halides is 2. The normalized spacial score (nSPS) is 10.4. The molecular weight excluding hydrogens is 320 g/mol. The van der Waals surface area contributed by atoms with Gasteiger partial charge < -0.3 is 19.5 Å². The Kier molecular flexibility index (Phi) is 5.95. The van der Waals surface area contributed by atoms with Gasteiger partial charge in [-0.25, -0.2) is 0 Å². The highest BCUT2D eigenvalue weighted by atomic mass is 19.3. The molecule has 7 heteroatoms. The maximum absolute atomic E-state index is 12.4. The largest absolute Gasteiger partial charge is 0.497 e. The first kappa shape index (κ1) is 17.5. The van der Waals surface area contributed by atoms with Gasteiger partial charge in [0.25, 0.3) is 5.91 Å². The Morgan fingerprint density at radius 2 is 1.83 bits per heavy atom. The van der Waals surface area contributed by atoms with E-state index in [1.165, 1.54) is 32.4 Å². The molecule has 0 saturated carbocycles. The molecule has 0 saturated heterocycles. The molecule has 0 radical (unpaired) electrons. The maximum atomic E-state index is 12.4. The van der Waals surface area contributed by atoms with E-state index in [4.69, 9.17) is 9.47 Å². The van der Waals surface area contributed by atoms with Gasteiger partial charge in [-0.2, -0.15) is 8.78 Å². The number of carbonyl (C=O) groups excluding carboxylic acids is 1. The quantitative estimate of drug-likeness (QED) is 0.843. The molecule has 0 unspecified atom stereocenters. The van der Waals surface area contributed by atoms with Gasteiger partial charge in [0.2, 0.25) is 0 Å². The lowest BCUT2D eigenvalue weighted by Crippen LogP contribution is -2.24. The van der Waals surface area contributed by atoms with Gasteiger partial charge in [0.05, 0.1) is 19.8 Å². The number of halogens is 2. The van der Waals surface area contributed by atoms with Crippen LogP contribution in [0.1, 0.15) is 15.9 Å². The Hall–Kier alpha value is -2.83. The molecule has 1 amide bonds. The fraction of sp³-hybridized carbons (Fsp3) is 0.235. The van der Waals surface area contributed by atoms with Gasteiger partial charge in [-0.15, -0.1) is 0 Å². The van der Waals surface area contributed by atoms with Crippen molar-refractivity contribution in [1.82, 2.24) is 5.32 Å². The molecule has 1 N–H and O–H groups in total. The van der Waals surface area contributed by atoms with Gasteiger partial charge in [-0.1, -0.05) is 12.1 Å². The third-order valence-electron chi connectivity index (χ3n) is 3.28. The fourth-order valence-corrected chi connectivity index (χ4v) is 2.12. The minimum absolute atomic E-state index is 0.0327. The first-order valence-corrected chi connectivity index (χ1v) is 7.08. The molecule has 0 aliphatic carbocycles. The predicted molar refractivity (Wildman–Crippen MR) is 83.8 cm³/mol. The van der Waals surface area contributed by atoms with Crippen molar-refractivity contribution in [3.63, 3.8) is 0 Å². The van der Waals surface area contributed by atoms with Crippen LogP contribution in [0.5, 0.6) is 17.2 Å². The van der Waals surface area contributed by atoms with Crippen molar-refractivity contribution in [3.8, 4) is 17.2 Å². The smallest absolute Gasteiger partial charge is 0.387 e. The Morgan fingerprint density at radius 3 is 2.50 bits per heavy atom. The van der Waals surface area contributed by atoms with Gasteiger partial charge in [0.1, 0.15) is 17.2 Å². The van der Waals surface area contributed by atoms with Gasteiger partial charge in [0, 0.05) is 18.2 Å². The highest BCUT2D eigenvalue weighted by Crippen LogP contribution is 2.25. The summed E-state index contributed by atoms with van der Waals surface area (Å²) in [5.74, 6) is 0.472. The van der Waals surface area contributed by atoms with Crippen molar-refractivity contribution in [2.45, 2.75) is 13.2 Å². The SMILES string of the molecule is COc1ccc(CNC(=O)c2ccccc2OC(F)F)c(OC)c1. The van der Waals surface area contributed by atoms with Crippen molar-refractivity contribution in [2.24, 2.45) is 0 Å². The lowest BCUT2D eigenvalue weighted by Gasteiger charge is -2.13. The van der Waals surface area contributed by atoms with Crippen molar-refractivity contribution in [3.05, 3.63) is 53.6 Å². The summed E-state index contributed by atoms with van der Waals surface area (Å²) >= 11 is 0. The zero-order valence-corrected chi connectivity index (χ0v) is 13.2. The number of rotatable bonds is 7. The molecule has 0 atom stereocenters. The molecule has 2 aromatic rings. The first-order chi connectivity index (χ1) is 11.5. The summed E-state index contributed by atoms with van der Waals surface area (Å²) < 4.78 is 39.5. The monoisotopic (exact) mass is 337 g/mol. The van der Waals surface area contributed by atoms with Crippen molar-refractivity contribution < 1.29 is 27.8 Å². The minimum Gasteiger partial charge on any atom is -0.497 e. The second-order valence-electron chi connectivity index (χ2n) is 4.74. The zero-order chi connectivity index (χ0) is 17.5. The molecule has 2 rings (SSSR count). The van der Waals surface area contributed by atoms with Gasteiger partial charge in [-0.3, -0.25) is 4.79 Å². The molecule has 24 heavy (non-hydrogen) atoms. The molecule has 0 fully saturated rings. The minimum atomic E-state index is -3.00. The molecule has 0 aromatic heterocycles. The Morgan fingerprint density at radius 1 is 1.08 bits per heavy atom. The Labute approximate surface area is 138 Å². The number of ether oxygens (including phenoxy) is 3. The summed E-state index contributed by atoms with van der Waals surface area (Å²) in [5.41, 5.74) is 0.754. The number of carbonyl (C=O) groups is 1. The third kappa shape index (κ3) is 4.34. The average Bonchev–Trinajstić information content (AvgIpc) is 2.59. The van der Waals surface area contributed by atoms with Crippen molar-refractivity contribution in [2.75, 3.05) is 14.2 Å². The van der Waals surface area contributed by atoms with E-state index < -0.39 is 12.5 Å². The van der Waals surface area contributed by atoms with Crippen LogP contribution < -0.4 is 19.5 Å². The number of para-hydroxylation sites is 1. The van der Waals surface area contributed by atoms with Crippen LogP contribution >= 0.6 is 0 Å². The summed E-state index contributed by atoms with van der Waals surface area (Å²) in [7, 11) is 3.04. The lowest BCUT2D eigenvalue weighted by molar-refractivity contribution is -0.0501.